The molecule has 0 fully saturated rings. The summed E-state index contributed by atoms with van der Waals surface area (Å²) in [7, 11) is 1.97. The van der Waals surface area contributed by atoms with Crippen LogP contribution in [0.25, 0.3) is 0 Å². The first-order chi connectivity index (χ1) is 9.21. The van der Waals surface area contributed by atoms with Crippen molar-refractivity contribution in [1.82, 2.24) is 10.2 Å². The van der Waals surface area contributed by atoms with Crippen LogP contribution in [-0.2, 0) is 0 Å². The number of hydrogen-bond acceptors (Lipinski definition) is 2. The highest BCUT2D eigenvalue weighted by molar-refractivity contribution is 5.19. The normalized spacial score (nSPS) is 12.9. The van der Waals surface area contributed by atoms with Gasteiger partial charge < -0.3 is 10.2 Å². The Morgan fingerprint density at radius 3 is 2.11 bits per heavy atom. The van der Waals surface area contributed by atoms with Crippen molar-refractivity contribution < 1.29 is 4.39 Å². The molecule has 0 radical (unpaired) electrons. The summed E-state index contributed by atoms with van der Waals surface area (Å²) in [5, 5.41) is 3.33. The standard InChI is InChI=1S/C16H27FN2/c1-4-11-19(12-5-2)13-10-16(18-3)14-6-8-15(17)9-7-14/h6-9,16,18H,4-5,10-13H2,1-3H3. The van der Waals surface area contributed by atoms with E-state index in [1.54, 1.807) is 0 Å². The van der Waals surface area contributed by atoms with Crippen LogP contribution in [0.2, 0.25) is 0 Å². The van der Waals surface area contributed by atoms with Crippen LogP contribution < -0.4 is 5.32 Å². The first-order valence-electron chi connectivity index (χ1n) is 7.36. The lowest BCUT2D eigenvalue weighted by Gasteiger charge is -2.24. The monoisotopic (exact) mass is 266 g/mol. The number of nitrogens with one attached hydrogen (secondary N) is 1. The molecule has 108 valence electrons. The van der Waals surface area contributed by atoms with Crippen molar-refractivity contribution in [3.63, 3.8) is 0 Å². The summed E-state index contributed by atoms with van der Waals surface area (Å²) in [6.07, 6.45) is 3.45. The zero-order chi connectivity index (χ0) is 14.1. The van der Waals surface area contributed by atoms with Gasteiger partial charge >= 0.3 is 0 Å². The van der Waals surface area contributed by atoms with E-state index in [-0.39, 0.29) is 5.82 Å². The molecule has 1 rings (SSSR count). The van der Waals surface area contributed by atoms with E-state index in [9.17, 15) is 4.39 Å². The molecule has 3 heteroatoms. The van der Waals surface area contributed by atoms with Crippen LogP contribution in [-0.4, -0.2) is 31.6 Å². The Kier molecular flexibility index (Phi) is 7.68. The van der Waals surface area contributed by atoms with Gasteiger partial charge in [0.1, 0.15) is 5.82 Å². The van der Waals surface area contributed by atoms with Gasteiger partial charge in [0.05, 0.1) is 0 Å². The zero-order valence-electron chi connectivity index (χ0n) is 12.5. The van der Waals surface area contributed by atoms with Crippen molar-refractivity contribution in [2.75, 3.05) is 26.7 Å². The highest BCUT2D eigenvalue weighted by Crippen LogP contribution is 2.17. The van der Waals surface area contributed by atoms with Gasteiger partial charge in [0.25, 0.3) is 0 Å². The minimum absolute atomic E-state index is 0.169. The van der Waals surface area contributed by atoms with Crippen LogP contribution in [0.4, 0.5) is 4.39 Å². The second-order valence-corrected chi connectivity index (χ2v) is 5.02. The third-order valence-electron chi connectivity index (χ3n) is 3.43. The fourth-order valence-corrected chi connectivity index (χ4v) is 2.45. The maximum absolute atomic E-state index is 12.9. The summed E-state index contributed by atoms with van der Waals surface area (Å²) in [5.41, 5.74) is 1.16. The Balaban J connectivity index is 2.53. The van der Waals surface area contributed by atoms with E-state index in [2.05, 4.69) is 24.1 Å². The lowest BCUT2D eigenvalue weighted by atomic mass is 10.0. The van der Waals surface area contributed by atoms with E-state index in [1.807, 2.05) is 19.2 Å². The third kappa shape index (κ3) is 5.70. The molecule has 0 aliphatic carbocycles. The average Bonchev–Trinajstić information content (AvgIpc) is 2.41. The van der Waals surface area contributed by atoms with E-state index >= 15 is 0 Å². The van der Waals surface area contributed by atoms with Crippen LogP contribution in [0.3, 0.4) is 0 Å². The number of hydrogen-bond donors (Lipinski definition) is 1. The van der Waals surface area contributed by atoms with Gasteiger partial charge in [0.15, 0.2) is 0 Å². The molecule has 0 saturated carbocycles. The second-order valence-electron chi connectivity index (χ2n) is 5.02. The van der Waals surface area contributed by atoms with Crippen LogP contribution in [0.1, 0.15) is 44.7 Å². The van der Waals surface area contributed by atoms with Gasteiger partial charge in [-0.05, 0) is 63.6 Å². The van der Waals surface area contributed by atoms with E-state index < -0.39 is 0 Å². The molecular weight excluding hydrogens is 239 g/mol. The fourth-order valence-electron chi connectivity index (χ4n) is 2.45. The van der Waals surface area contributed by atoms with Gasteiger partial charge in [-0.1, -0.05) is 26.0 Å². The Morgan fingerprint density at radius 1 is 1.05 bits per heavy atom. The SMILES string of the molecule is CCCN(CCC)CCC(NC)c1ccc(F)cc1. The lowest BCUT2D eigenvalue weighted by molar-refractivity contribution is 0.259. The Morgan fingerprint density at radius 2 is 1.63 bits per heavy atom. The van der Waals surface area contributed by atoms with Gasteiger partial charge in [-0.25, -0.2) is 4.39 Å². The average molecular weight is 266 g/mol. The van der Waals surface area contributed by atoms with Gasteiger partial charge in [0.2, 0.25) is 0 Å². The lowest BCUT2D eigenvalue weighted by Crippen LogP contribution is -2.29. The molecule has 0 spiro atoms. The van der Waals surface area contributed by atoms with Gasteiger partial charge in [-0.15, -0.1) is 0 Å². The van der Waals surface area contributed by atoms with Crippen LogP contribution in [0.5, 0.6) is 0 Å². The van der Waals surface area contributed by atoms with E-state index in [4.69, 9.17) is 0 Å². The maximum atomic E-state index is 12.9. The molecule has 0 bridgehead atoms. The fraction of sp³-hybridized carbons (Fsp3) is 0.625. The number of rotatable bonds is 9. The summed E-state index contributed by atoms with van der Waals surface area (Å²) in [6, 6.07) is 7.13. The van der Waals surface area contributed by atoms with Crippen molar-refractivity contribution in [2.45, 2.75) is 39.2 Å². The summed E-state index contributed by atoms with van der Waals surface area (Å²) in [4.78, 5) is 2.51. The minimum atomic E-state index is -0.169. The Bertz CT molecular complexity index is 331. The van der Waals surface area contributed by atoms with Crippen molar-refractivity contribution in [3.05, 3.63) is 35.6 Å². The number of benzene rings is 1. The predicted molar refractivity (Wildman–Crippen MR) is 79.8 cm³/mol. The molecule has 1 atom stereocenters. The van der Waals surface area contributed by atoms with Gasteiger partial charge in [0, 0.05) is 6.04 Å². The van der Waals surface area contributed by atoms with Gasteiger partial charge in [-0.3, -0.25) is 0 Å². The second kappa shape index (κ2) is 9.05. The summed E-state index contributed by atoms with van der Waals surface area (Å²) in [5.74, 6) is -0.169. The summed E-state index contributed by atoms with van der Waals surface area (Å²) < 4.78 is 12.9. The molecule has 1 aromatic carbocycles. The summed E-state index contributed by atoms with van der Waals surface area (Å²) >= 11 is 0. The molecule has 1 unspecified atom stereocenters. The first kappa shape index (κ1) is 16.1. The Labute approximate surface area is 117 Å². The molecule has 0 amide bonds. The molecule has 0 aliphatic heterocycles. The van der Waals surface area contributed by atoms with Crippen molar-refractivity contribution >= 4 is 0 Å². The first-order valence-corrected chi connectivity index (χ1v) is 7.36. The topological polar surface area (TPSA) is 15.3 Å². The molecule has 0 aliphatic rings. The molecule has 0 heterocycles. The molecule has 2 nitrogen and oxygen atoms in total. The smallest absolute Gasteiger partial charge is 0.123 e. The van der Waals surface area contributed by atoms with Crippen LogP contribution >= 0.6 is 0 Å². The molecule has 19 heavy (non-hydrogen) atoms. The number of nitrogens with zero attached hydrogens (tertiary/aromatic N) is 1. The number of halogens is 1. The maximum Gasteiger partial charge on any atom is 0.123 e. The molecule has 1 N–H and O–H groups in total. The highest BCUT2D eigenvalue weighted by atomic mass is 19.1. The van der Waals surface area contributed by atoms with Crippen molar-refractivity contribution in [1.29, 1.82) is 0 Å². The largest absolute Gasteiger partial charge is 0.313 e. The van der Waals surface area contributed by atoms with Crippen LogP contribution in [0, 0.1) is 5.82 Å². The molecule has 0 aromatic heterocycles. The quantitative estimate of drug-likeness (QED) is 0.734. The molecular formula is C16H27FN2. The van der Waals surface area contributed by atoms with E-state index in [0.717, 1.165) is 31.6 Å². The van der Waals surface area contributed by atoms with Crippen molar-refractivity contribution in [3.8, 4) is 0 Å². The van der Waals surface area contributed by atoms with Crippen molar-refractivity contribution in [2.24, 2.45) is 0 Å². The molecule has 1 aromatic rings. The molecule has 0 saturated heterocycles. The van der Waals surface area contributed by atoms with E-state index in [0.29, 0.717) is 6.04 Å². The third-order valence-corrected chi connectivity index (χ3v) is 3.43. The van der Waals surface area contributed by atoms with Crippen LogP contribution in [0.15, 0.2) is 24.3 Å². The predicted octanol–water partition coefficient (Wildman–Crippen LogP) is 3.60. The Hall–Kier alpha value is -0.930. The summed E-state index contributed by atoms with van der Waals surface area (Å²) in [6.45, 7) is 7.85. The van der Waals surface area contributed by atoms with E-state index in [1.165, 1.54) is 25.0 Å². The zero-order valence-corrected chi connectivity index (χ0v) is 12.5. The minimum Gasteiger partial charge on any atom is -0.313 e. The van der Waals surface area contributed by atoms with Gasteiger partial charge in [-0.2, -0.15) is 0 Å². The highest BCUT2D eigenvalue weighted by Gasteiger charge is 2.11.